The van der Waals surface area contributed by atoms with Crippen molar-refractivity contribution in [1.29, 1.82) is 0 Å². The van der Waals surface area contributed by atoms with E-state index < -0.39 is 14.5 Å². The van der Waals surface area contributed by atoms with Crippen LogP contribution in [0.2, 0.25) is 11.6 Å². The van der Waals surface area contributed by atoms with Gasteiger partial charge < -0.3 is 3.48 Å². The minimum Gasteiger partial charge on any atom is -0.552 e. The van der Waals surface area contributed by atoms with Crippen molar-refractivity contribution in [1.82, 2.24) is 0 Å². The van der Waals surface area contributed by atoms with E-state index in [1.54, 1.807) is 0 Å². The van der Waals surface area contributed by atoms with Crippen LogP contribution >= 0.6 is 0 Å². The van der Waals surface area contributed by atoms with Crippen LogP contribution in [0.3, 0.4) is 0 Å². The summed E-state index contributed by atoms with van der Waals surface area (Å²) in [5, 5.41) is 0. The van der Waals surface area contributed by atoms with Gasteiger partial charge in [0, 0.05) is 0 Å². The van der Waals surface area contributed by atoms with E-state index in [9.17, 15) is 0 Å². The van der Waals surface area contributed by atoms with Crippen molar-refractivity contribution in [2.75, 3.05) is 0 Å². The first-order valence-electron chi connectivity index (χ1n) is 1.80. The highest BCUT2D eigenvalue weighted by atomic mass is 28.2. The van der Waals surface area contributed by atoms with Crippen molar-refractivity contribution in [3.63, 3.8) is 0 Å². The van der Waals surface area contributed by atoms with Gasteiger partial charge in [-0.15, -0.1) is 0 Å². The minimum atomic E-state index is -0.588. The van der Waals surface area contributed by atoms with Gasteiger partial charge in [0.2, 0.25) is 0 Å². The molecule has 0 unspecified atom stereocenters. The van der Waals surface area contributed by atoms with Crippen LogP contribution < -0.4 is 0 Å². The smallest absolute Gasteiger partial charge is 0.442 e. The first-order valence-corrected chi connectivity index (χ1v) is 5.40. The molecule has 0 saturated heterocycles. The quantitative estimate of drug-likeness (QED) is 0.409. The number of hydrogen-bond donors (Lipinski definition) is 0. The van der Waals surface area contributed by atoms with E-state index in [1.165, 1.54) is 0 Å². The molecule has 0 aromatic carbocycles. The van der Waals surface area contributed by atoms with Crippen LogP contribution in [0, 0.1) is 0 Å². The summed E-state index contributed by atoms with van der Waals surface area (Å²) in [4.78, 5) is 0. The third-order valence-electron chi connectivity index (χ3n) is 0.471. The molecule has 30 valence electrons. The van der Waals surface area contributed by atoms with Crippen molar-refractivity contribution in [2.45, 2.75) is 11.6 Å². The van der Waals surface area contributed by atoms with Crippen molar-refractivity contribution >= 4 is 25.0 Å². The Morgan fingerprint density at radius 2 is 1.80 bits per heavy atom. The molecule has 0 aliphatic carbocycles. The fourth-order valence-electron chi connectivity index (χ4n) is 0. The van der Waals surface area contributed by atoms with E-state index in [0.717, 1.165) is 10.5 Å². The largest absolute Gasteiger partial charge is 0.552 e. The molecular weight excluding hydrogens is 95.1 g/mol. The van der Waals surface area contributed by atoms with Crippen LogP contribution in [-0.4, -0.2) is 25.0 Å². The van der Waals surface area contributed by atoms with Gasteiger partial charge in [-0.3, -0.25) is 0 Å². The zero-order chi connectivity index (χ0) is 4.28. The first kappa shape index (κ1) is 5.71. The van der Waals surface area contributed by atoms with Crippen LogP contribution in [0.1, 0.15) is 0 Å². The molecule has 0 N–H and O–H groups in total. The summed E-state index contributed by atoms with van der Waals surface area (Å²) in [5.41, 5.74) is 0. The second-order valence-corrected chi connectivity index (χ2v) is 5.27. The Morgan fingerprint density at radius 3 is 1.80 bits per heavy atom. The lowest BCUT2D eigenvalue weighted by atomic mass is 11.9. The van der Waals surface area contributed by atoms with Crippen molar-refractivity contribution in [2.24, 2.45) is 0 Å². The van der Waals surface area contributed by atoms with Crippen LogP contribution in [0.15, 0.2) is 0 Å². The highest BCUT2D eigenvalue weighted by Gasteiger charge is 1.94. The molecule has 0 rings (SSSR count). The molecule has 0 fully saturated rings. The summed E-state index contributed by atoms with van der Waals surface area (Å²) >= 11 is -0.588. The van der Waals surface area contributed by atoms with E-state index in [0.29, 0.717) is 0 Å². The topological polar surface area (TPSA) is 9.23 Å². The standard InChI is InChI=1S/2CH3.Al.H3OSi/c;;;1-2/h2*1H3;;2H3/q;;+1;-1. The van der Waals surface area contributed by atoms with Crippen LogP contribution in [0.5, 0.6) is 0 Å². The summed E-state index contributed by atoms with van der Waals surface area (Å²) in [5.74, 6) is 4.35. The van der Waals surface area contributed by atoms with Gasteiger partial charge in [-0.05, 0) is 0 Å². The minimum absolute atomic E-state index is 0.588. The first-order chi connectivity index (χ1) is 2.27. The molecule has 0 atom stereocenters. The predicted molar refractivity (Wildman–Crippen MR) is 28.5 cm³/mol. The monoisotopic (exact) mass is 104 g/mol. The van der Waals surface area contributed by atoms with Crippen LogP contribution in [0.4, 0.5) is 0 Å². The number of hydrogen-bond acceptors (Lipinski definition) is 1. The Balaban J connectivity index is 2.54. The molecule has 0 aliphatic heterocycles. The molecule has 0 aromatic rings. The highest BCUT2D eigenvalue weighted by Crippen LogP contribution is 1.72. The Labute approximate surface area is 40.6 Å². The van der Waals surface area contributed by atoms with Crippen LogP contribution in [0.25, 0.3) is 0 Å². The molecule has 0 saturated carbocycles. The predicted octanol–water partition coefficient (Wildman–Crippen LogP) is -0.466. The van der Waals surface area contributed by atoms with E-state index in [2.05, 4.69) is 11.6 Å². The Morgan fingerprint density at radius 1 is 1.60 bits per heavy atom. The van der Waals surface area contributed by atoms with E-state index >= 15 is 0 Å². The molecule has 0 bridgehead atoms. The fourth-order valence-corrected chi connectivity index (χ4v) is 0. The average molecular weight is 104 g/mol. The summed E-state index contributed by atoms with van der Waals surface area (Å²) in [6, 6.07) is 0. The molecule has 0 radical (unpaired) electrons. The van der Waals surface area contributed by atoms with E-state index in [4.69, 9.17) is 3.48 Å². The van der Waals surface area contributed by atoms with Gasteiger partial charge in [0.1, 0.15) is 10.5 Å². The summed E-state index contributed by atoms with van der Waals surface area (Å²) in [7, 11) is 0.935. The fraction of sp³-hybridized carbons (Fsp3) is 1.00. The Bertz CT molecular complexity index is 23.6. The molecule has 3 heteroatoms. The maximum absolute atomic E-state index is 5.03. The van der Waals surface area contributed by atoms with Gasteiger partial charge in [-0.2, -0.15) is 0 Å². The third kappa shape index (κ3) is 4.71. The lowest BCUT2D eigenvalue weighted by molar-refractivity contribution is 0.647. The lowest BCUT2D eigenvalue weighted by Crippen LogP contribution is -2.02. The molecule has 0 aliphatic rings. The lowest BCUT2D eigenvalue weighted by Gasteiger charge is -1.88. The number of rotatable bonds is 1. The molecule has 0 heterocycles. The zero-order valence-electron chi connectivity index (χ0n) is 3.99. The van der Waals surface area contributed by atoms with Crippen LogP contribution in [-0.2, 0) is 3.48 Å². The molecule has 0 aromatic heterocycles. The molecule has 5 heavy (non-hydrogen) atoms. The molecule has 0 spiro atoms. The second-order valence-electron chi connectivity index (χ2n) is 1.28. The normalized spacial score (nSPS) is 8.40. The maximum Gasteiger partial charge on any atom is 0.442 e. The third-order valence-corrected chi connectivity index (χ3v) is 4.24. The summed E-state index contributed by atoms with van der Waals surface area (Å²) in [6.45, 7) is 0. The van der Waals surface area contributed by atoms with Crippen molar-refractivity contribution in [3.8, 4) is 0 Å². The SMILES string of the molecule is [CH3][Al]([CH3])[O][SiH3]. The molecule has 1 nitrogen and oxygen atoms in total. The summed E-state index contributed by atoms with van der Waals surface area (Å²) < 4.78 is 5.03. The highest BCUT2D eigenvalue weighted by molar-refractivity contribution is 6.52. The molecular formula is C2H9AlOSi. The Kier molecular flexibility index (Phi) is 3.34. The molecule has 0 amide bonds. The van der Waals surface area contributed by atoms with Gasteiger partial charge in [0.15, 0.2) is 0 Å². The Hall–Kier alpha value is 0.709. The van der Waals surface area contributed by atoms with Gasteiger partial charge >= 0.3 is 14.5 Å². The van der Waals surface area contributed by atoms with Gasteiger partial charge in [0.05, 0.1) is 0 Å². The van der Waals surface area contributed by atoms with E-state index in [1.807, 2.05) is 0 Å². The average Bonchev–Trinajstić information content (AvgIpc) is 1.38. The second kappa shape index (κ2) is 2.92. The van der Waals surface area contributed by atoms with E-state index in [-0.39, 0.29) is 0 Å². The van der Waals surface area contributed by atoms with Gasteiger partial charge in [-0.25, -0.2) is 0 Å². The van der Waals surface area contributed by atoms with Gasteiger partial charge in [0.25, 0.3) is 0 Å². The van der Waals surface area contributed by atoms with Crippen molar-refractivity contribution < 1.29 is 3.48 Å². The zero-order valence-corrected chi connectivity index (χ0v) is 7.14. The maximum atomic E-state index is 5.03. The van der Waals surface area contributed by atoms with Gasteiger partial charge in [-0.1, -0.05) is 11.6 Å². The van der Waals surface area contributed by atoms with Crippen molar-refractivity contribution in [3.05, 3.63) is 0 Å². The summed E-state index contributed by atoms with van der Waals surface area (Å²) in [6.07, 6.45) is 0.